The van der Waals surface area contributed by atoms with Crippen LogP contribution in [0.5, 0.6) is 17.2 Å². The van der Waals surface area contributed by atoms with Crippen LogP contribution in [0.3, 0.4) is 0 Å². The van der Waals surface area contributed by atoms with Gasteiger partial charge in [0.05, 0.1) is 12.5 Å². The van der Waals surface area contributed by atoms with E-state index in [-0.39, 0.29) is 12.2 Å². The van der Waals surface area contributed by atoms with Gasteiger partial charge in [-0.15, -0.1) is 6.42 Å². The molecule has 1 aliphatic heterocycles. The molecule has 0 amide bonds. The SMILES string of the molecule is C#CC1(c2cc3c(cc2OC)OCO3)CC1. The van der Waals surface area contributed by atoms with Gasteiger partial charge < -0.3 is 14.2 Å². The number of rotatable bonds is 2. The van der Waals surface area contributed by atoms with Crippen molar-refractivity contribution in [2.75, 3.05) is 13.9 Å². The van der Waals surface area contributed by atoms with Gasteiger partial charge in [0.25, 0.3) is 0 Å². The van der Waals surface area contributed by atoms with Gasteiger partial charge in [0.2, 0.25) is 6.79 Å². The van der Waals surface area contributed by atoms with Crippen molar-refractivity contribution < 1.29 is 14.2 Å². The number of hydrogen-bond donors (Lipinski definition) is 0. The van der Waals surface area contributed by atoms with Crippen molar-refractivity contribution in [1.29, 1.82) is 0 Å². The van der Waals surface area contributed by atoms with Gasteiger partial charge in [0, 0.05) is 11.6 Å². The Balaban J connectivity index is 2.14. The van der Waals surface area contributed by atoms with E-state index < -0.39 is 0 Å². The zero-order chi connectivity index (χ0) is 11.2. The van der Waals surface area contributed by atoms with Crippen molar-refractivity contribution in [3.63, 3.8) is 0 Å². The van der Waals surface area contributed by atoms with Crippen molar-refractivity contribution in [1.82, 2.24) is 0 Å². The van der Waals surface area contributed by atoms with E-state index in [0.717, 1.165) is 35.7 Å². The average molecular weight is 216 g/mol. The molecule has 2 aliphatic rings. The zero-order valence-corrected chi connectivity index (χ0v) is 9.08. The molecule has 1 aromatic carbocycles. The molecule has 1 fully saturated rings. The molecule has 0 unspecified atom stereocenters. The quantitative estimate of drug-likeness (QED) is 0.708. The maximum atomic E-state index is 5.59. The van der Waals surface area contributed by atoms with E-state index in [1.807, 2.05) is 12.1 Å². The van der Waals surface area contributed by atoms with Crippen molar-refractivity contribution >= 4 is 0 Å². The monoisotopic (exact) mass is 216 g/mol. The molecule has 0 atom stereocenters. The summed E-state index contributed by atoms with van der Waals surface area (Å²) in [5, 5.41) is 0. The fraction of sp³-hybridized carbons (Fsp3) is 0.385. The molecule has 0 spiro atoms. The molecule has 3 heteroatoms. The Labute approximate surface area is 94.3 Å². The predicted molar refractivity (Wildman–Crippen MR) is 58.9 cm³/mol. The Morgan fingerprint density at radius 3 is 2.56 bits per heavy atom. The van der Waals surface area contributed by atoms with Crippen LogP contribution in [0.4, 0.5) is 0 Å². The summed E-state index contributed by atoms with van der Waals surface area (Å²) in [5.74, 6) is 5.14. The fourth-order valence-corrected chi connectivity index (χ4v) is 2.08. The minimum Gasteiger partial charge on any atom is -0.496 e. The molecule has 0 radical (unpaired) electrons. The van der Waals surface area contributed by atoms with Crippen molar-refractivity contribution in [3.8, 4) is 29.6 Å². The smallest absolute Gasteiger partial charge is 0.231 e. The van der Waals surface area contributed by atoms with Gasteiger partial charge in [0.1, 0.15) is 5.75 Å². The predicted octanol–water partition coefficient (Wildman–Crippen LogP) is 2.09. The molecule has 1 aromatic rings. The Bertz CT molecular complexity index is 481. The van der Waals surface area contributed by atoms with Crippen LogP contribution in [0.25, 0.3) is 0 Å². The minimum atomic E-state index is -0.147. The third-order valence-corrected chi connectivity index (χ3v) is 3.24. The highest BCUT2D eigenvalue weighted by atomic mass is 16.7. The first-order chi connectivity index (χ1) is 7.79. The van der Waals surface area contributed by atoms with Crippen LogP contribution in [-0.4, -0.2) is 13.9 Å². The molecule has 1 heterocycles. The number of terminal acetylenes is 1. The lowest BCUT2D eigenvalue weighted by molar-refractivity contribution is 0.174. The third kappa shape index (κ3) is 1.16. The standard InChI is InChI=1S/C13H12O3/c1-3-13(4-5-13)9-6-11-12(16-8-15-11)7-10(9)14-2/h1,6-7H,4-5,8H2,2H3. The van der Waals surface area contributed by atoms with Gasteiger partial charge in [-0.05, 0) is 18.9 Å². The van der Waals surface area contributed by atoms with Crippen LogP contribution in [0.1, 0.15) is 18.4 Å². The van der Waals surface area contributed by atoms with Gasteiger partial charge in [0.15, 0.2) is 11.5 Å². The molecule has 1 saturated carbocycles. The van der Waals surface area contributed by atoms with Gasteiger partial charge in [-0.1, -0.05) is 5.92 Å². The van der Waals surface area contributed by atoms with E-state index in [1.165, 1.54) is 0 Å². The van der Waals surface area contributed by atoms with Gasteiger partial charge >= 0.3 is 0 Å². The van der Waals surface area contributed by atoms with E-state index in [0.29, 0.717) is 0 Å². The second-order valence-electron chi connectivity index (χ2n) is 4.13. The summed E-state index contributed by atoms with van der Waals surface area (Å²) in [6.07, 6.45) is 7.62. The van der Waals surface area contributed by atoms with Gasteiger partial charge in [-0.25, -0.2) is 0 Å². The highest BCUT2D eigenvalue weighted by molar-refractivity contribution is 5.58. The van der Waals surface area contributed by atoms with Crippen LogP contribution < -0.4 is 14.2 Å². The molecule has 3 nitrogen and oxygen atoms in total. The second kappa shape index (κ2) is 3.08. The first-order valence-corrected chi connectivity index (χ1v) is 5.25. The Morgan fingerprint density at radius 2 is 2.00 bits per heavy atom. The molecule has 0 bridgehead atoms. The number of ether oxygens (including phenoxy) is 3. The van der Waals surface area contributed by atoms with Crippen LogP contribution >= 0.6 is 0 Å². The third-order valence-electron chi connectivity index (χ3n) is 3.24. The Hall–Kier alpha value is -1.82. The lowest BCUT2D eigenvalue weighted by Gasteiger charge is -2.14. The molecular formula is C13H12O3. The second-order valence-corrected chi connectivity index (χ2v) is 4.13. The average Bonchev–Trinajstić information content (AvgIpc) is 2.99. The summed E-state index contributed by atoms with van der Waals surface area (Å²) in [6, 6.07) is 3.81. The number of fused-ring (bicyclic) bond motifs is 1. The molecule has 3 rings (SSSR count). The summed E-state index contributed by atoms with van der Waals surface area (Å²) < 4.78 is 16.0. The van der Waals surface area contributed by atoms with E-state index in [2.05, 4.69) is 5.92 Å². The summed E-state index contributed by atoms with van der Waals surface area (Å²) in [4.78, 5) is 0. The molecular weight excluding hydrogens is 204 g/mol. The van der Waals surface area contributed by atoms with E-state index >= 15 is 0 Å². The van der Waals surface area contributed by atoms with Crippen molar-refractivity contribution in [2.45, 2.75) is 18.3 Å². The number of hydrogen-bond acceptors (Lipinski definition) is 3. The van der Waals surface area contributed by atoms with Gasteiger partial charge in [-0.3, -0.25) is 0 Å². The Kier molecular flexibility index (Phi) is 1.81. The summed E-state index contributed by atoms with van der Waals surface area (Å²) in [7, 11) is 1.65. The summed E-state index contributed by atoms with van der Waals surface area (Å²) in [5.41, 5.74) is 0.897. The maximum Gasteiger partial charge on any atom is 0.231 e. The topological polar surface area (TPSA) is 27.7 Å². The Morgan fingerprint density at radius 1 is 1.31 bits per heavy atom. The van der Waals surface area contributed by atoms with E-state index in [1.54, 1.807) is 7.11 Å². The highest BCUT2D eigenvalue weighted by Crippen LogP contribution is 2.53. The minimum absolute atomic E-state index is 0.147. The molecule has 0 N–H and O–H groups in total. The lowest BCUT2D eigenvalue weighted by atomic mass is 9.95. The lowest BCUT2D eigenvalue weighted by Crippen LogP contribution is -2.05. The van der Waals surface area contributed by atoms with Crippen LogP contribution in [-0.2, 0) is 5.41 Å². The van der Waals surface area contributed by atoms with Crippen LogP contribution in [0.15, 0.2) is 12.1 Å². The van der Waals surface area contributed by atoms with E-state index in [4.69, 9.17) is 20.6 Å². The summed E-state index contributed by atoms with van der Waals surface area (Å²) >= 11 is 0. The maximum absolute atomic E-state index is 5.59. The number of benzene rings is 1. The van der Waals surface area contributed by atoms with Crippen molar-refractivity contribution in [2.24, 2.45) is 0 Å². The molecule has 16 heavy (non-hydrogen) atoms. The zero-order valence-electron chi connectivity index (χ0n) is 9.08. The fourth-order valence-electron chi connectivity index (χ4n) is 2.08. The molecule has 0 saturated heterocycles. The van der Waals surface area contributed by atoms with Crippen molar-refractivity contribution in [3.05, 3.63) is 17.7 Å². The van der Waals surface area contributed by atoms with Crippen LogP contribution in [0.2, 0.25) is 0 Å². The normalized spacial score (nSPS) is 19.0. The first-order valence-electron chi connectivity index (χ1n) is 5.25. The largest absolute Gasteiger partial charge is 0.496 e. The first kappa shape index (κ1) is 9.41. The molecule has 0 aromatic heterocycles. The highest BCUT2D eigenvalue weighted by Gasteiger charge is 2.45. The van der Waals surface area contributed by atoms with Crippen LogP contribution in [0, 0.1) is 12.3 Å². The van der Waals surface area contributed by atoms with Gasteiger partial charge in [-0.2, -0.15) is 0 Å². The van der Waals surface area contributed by atoms with E-state index in [9.17, 15) is 0 Å². The molecule has 1 aliphatic carbocycles. The number of methoxy groups -OCH3 is 1. The molecule has 82 valence electrons. The summed E-state index contributed by atoms with van der Waals surface area (Å²) in [6.45, 7) is 0.269.